The normalized spacial score (nSPS) is 8.36. The zero-order chi connectivity index (χ0) is 7.56. The molecule has 0 heterocycles. The first-order chi connectivity index (χ1) is 4.70. The summed E-state index contributed by atoms with van der Waals surface area (Å²) in [7, 11) is 0. The van der Waals surface area contributed by atoms with E-state index in [-0.39, 0.29) is 28.1 Å². The predicted octanol–water partition coefficient (Wildman–Crippen LogP) is 1.09. The monoisotopic (exact) mass is 197 g/mol. The van der Waals surface area contributed by atoms with E-state index in [0.717, 1.165) is 0 Å². The molecule has 1 rings (SSSR count). The maximum atomic E-state index is 10.2. The number of aromatic carboxylic acids is 1. The number of hydrogen-bond donors (Lipinski definition) is 2. The molecule has 0 fully saturated rings. The van der Waals surface area contributed by atoms with Gasteiger partial charge < -0.3 is 10.2 Å². The molecule has 2 N–H and O–H groups in total. The van der Waals surface area contributed by atoms with Crippen LogP contribution in [0.3, 0.4) is 0 Å². The average Bonchev–Trinajstić information content (AvgIpc) is 1.88. The molecule has 0 saturated carbocycles. The summed E-state index contributed by atoms with van der Waals surface area (Å²) < 4.78 is 0. The van der Waals surface area contributed by atoms with E-state index in [0.29, 0.717) is 0 Å². The van der Waals surface area contributed by atoms with Crippen LogP contribution in [-0.2, 0) is 16.8 Å². The fraction of sp³-hybridized carbons (Fsp3) is 0. The summed E-state index contributed by atoms with van der Waals surface area (Å²) in [6.07, 6.45) is 0. The van der Waals surface area contributed by atoms with Crippen molar-refractivity contribution in [3.63, 3.8) is 0 Å². The van der Waals surface area contributed by atoms with Gasteiger partial charge in [-0.1, -0.05) is 0 Å². The van der Waals surface area contributed by atoms with Gasteiger partial charge in [-0.15, -0.1) is 0 Å². The van der Waals surface area contributed by atoms with E-state index in [9.17, 15) is 4.79 Å². The molecule has 1 aromatic rings. The summed E-state index contributed by atoms with van der Waals surface area (Å²) in [4.78, 5) is 10.2. The Labute approximate surface area is 73.9 Å². The molecule has 1 radical (unpaired) electrons. The molecule has 0 atom stereocenters. The van der Waals surface area contributed by atoms with E-state index in [1.54, 1.807) is 0 Å². The van der Waals surface area contributed by atoms with Crippen molar-refractivity contribution in [2.75, 3.05) is 0 Å². The van der Waals surface area contributed by atoms with Gasteiger partial charge in [0, 0.05) is 16.8 Å². The van der Waals surface area contributed by atoms with E-state index >= 15 is 0 Å². The van der Waals surface area contributed by atoms with Crippen molar-refractivity contribution in [1.82, 2.24) is 0 Å². The van der Waals surface area contributed by atoms with Gasteiger partial charge in [-0.25, -0.2) is 4.79 Å². The van der Waals surface area contributed by atoms with Gasteiger partial charge in [0.2, 0.25) is 0 Å². The zero-order valence-corrected chi connectivity index (χ0v) is 6.49. The molecule has 0 unspecified atom stereocenters. The van der Waals surface area contributed by atoms with Crippen molar-refractivity contribution in [2.24, 2.45) is 0 Å². The first kappa shape index (κ1) is 10.00. The number of carbonyl (C=O) groups is 1. The fourth-order valence-corrected chi connectivity index (χ4v) is 0.604. The van der Waals surface area contributed by atoms with Gasteiger partial charge in [0.1, 0.15) is 5.75 Å². The van der Waals surface area contributed by atoms with Crippen LogP contribution in [0.15, 0.2) is 24.3 Å². The number of carboxylic acids is 1. The molecule has 3 nitrogen and oxygen atoms in total. The second kappa shape index (κ2) is 4.00. The Kier molecular flexibility index (Phi) is 3.63. The summed E-state index contributed by atoms with van der Waals surface area (Å²) in [5.41, 5.74) is 0.179. The summed E-state index contributed by atoms with van der Waals surface area (Å²) in [5.74, 6) is -0.912. The molecule has 0 aliphatic heterocycles. The zero-order valence-electron chi connectivity index (χ0n) is 5.45. The number of hydrogen-bond acceptors (Lipinski definition) is 2. The Bertz CT molecular complexity index is 242. The van der Waals surface area contributed by atoms with Crippen LogP contribution in [0, 0.1) is 0 Å². The van der Waals surface area contributed by atoms with Crippen molar-refractivity contribution in [3.8, 4) is 5.75 Å². The molecule has 0 aliphatic rings. The van der Waals surface area contributed by atoms with Crippen LogP contribution >= 0.6 is 0 Å². The maximum Gasteiger partial charge on any atom is 0.335 e. The molecule has 11 heavy (non-hydrogen) atoms. The molecule has 1 aromatic carbocycles. The number of aromatic hydroxyl groups is 1. The number of phenols is 1. The summed E-state index contributed by atoms with van der Waals surface area (Å²) in [6.45, 7) is 0. The van der Waals surface area contributed by atoms with Crippen LogP contribution in [0.25, 0.3) is 0 Å². The first-order valence-electron chi connectivity index (χ1n) is 2.72. The number of benzene rings is 1. The summed E-state index contributed by atoms with van der Waals surface area (Å²) in [6, 6.07) is 5.36. The Morgan fingerprint density at radius 2 is 1.64 bits per heavy atom. The Balaban J connectivity index is 0.000001000. The van der Waals surface area contributed by atoms with Crippen molar-refractivity contribution in [1.29, 1.82) is 0 Å². The minimum absolute atomic E-state index is 0. The Morgan fingerprint density at radius 1 is 1.18 bits per heavy atom. The van der Waals surface area contributed by atoms with Crippen LogP contribution in [0.2, 0.25) is 0 Å². The van der Waals surface area contributed by atoms with Gasteiger partial charge in [0.15, 0.2) is 0 Å². The third-order valence-electron chi connectivity index (χ3n) is 1.11. The molecule has 0 bridgehead atoms. The van der Waals surface area contributed by atoms with E-state index in [4.69, 9.17) is 10.2 Å². The molecular formula is C7H6CoO3. The molecular weight excluding hydrogens is 191 g/mol. The van der Waals surface area contributed by atoms with E-state index in [1.165, 1.54) is 24.3 Å². The van der Waals surface area contributed by atoms with E-state index in [1.807, 2.05) is 0 Å². The number of rotatable bonds is 1. The largest absolute Gasteiger partial charge is 0.508 e. The average molecular weight is 197 g/mol. The molecule has 0 spiro atoms. The number of phenolic OH excluding ortho intramolecular Hbond substituents is 1. The topological polar surface area (TPSA) is 57.5 Å². The first-order valence-corrected chi connectivity index (χ1v) is 2.72. The third kappa shape index (κ3) is 2.61. The van der Waals surface area contributed by atoms with Crippen LogP contribution in [-0.4, -0.2) is 16.2 Å². The van der Waals surface area contributed by atoms with Gasteiger partial charge in [-0.05, 0) is 24.3 Å². The molecule has 4 heteroatoms. The van der Waals surface area contributed by atoms with Gasteiger partial charge in [0.25, 0.3) is 0 Å². The SMILES string of the molecule is O=C(O)c1ccc(O)cc1.[Co]. The standard InChI is InChI=1S/C7H6O3.Co/c8-6-3-1-5(2-4-6)7(9)10;/h1-4,8H,(H,9,10);. The van der Waals surface area contributed by atoms with Crippen molar-refractivity contribution >= 4 is 5.97 Å². The molecule has 0 aliphatic carbocycles. The summed E-state index contributed by atoms with van der Waals surface area (Å²) in [5, 5.41) is 17.1. The van der Waals surface area contributed by atoms with Gasteiger partial charge >= 0.3 is 5.97 Å². The van der Waals surface area contributed by atoms with Crippen LogP contribution in [0.5, 0.6) is 5.75 Å². The second-order valence-corrected chi connectivity index (χ2v) is 1.85. The van der Waals surface area contributed by atoms with E-state index < -0.39 is 5.97 Å². The fourth-order valence-electron chi connectivity index (χ4n) is 0.604. The number of carboxylic acid groups (broad SMARTS) is 1. The molecule has 0 saturated heterocycles. The van der Waals surface area contributed by atoms with Crippen LogP contribution in [0.4, 0.5) is 0 Å². The Morgan fingerprint density at radius 3 is 2.00 bits per heavy atom. The molecule has 0 amide bonds. The maximum absolute atomic E-state index is 10.2. The molecule has 0 aromatic heterocycles. The van der Waals surface area contributed by atoms with Crippen LogP contribution < -0.4 is 0 Å². The molecule has 61 valence electrons. The second-order valence-electron chi connectivity index (χ2n) is 1.85. The summed E-state index contributed by atoms with van der Waals surface area (Å²) >= 11 is 0. The van der Waals surface area contributed by atoms with Gasteiger partial charge in [0.05, 0.1) is 5.56 Å². The quantitative estimate of drug-likeness (QED) is 0.708. The van der Waals surface area contributed by atoms with Crippen LogP contribution in [0.1, 0.15) is 10.4 Å². The Hall–Kier alpha value is -1.00. The van der Waals surface area contributed by atoms with Crippen molar-refractivity contribution < 1.29 is 31.8 Å². The minimum Gasteiger partial charge on any atom is -0.508 e. The van der Waals surface area contributed by atoms with E-state index in [2.05, 4.69) is 0 Å². The van der Waals surface area contributed by atoms with Gasteiger partial charge in [-0.2, -0.15) is 0 Å². The van der Waals surface area contributed by atoms with Crippen molar-refractivity contribution in [2.45, 2.75) is 0 Å². The smallest absolute Gasteiger partial charge is 0.335 e. The van der Waals surface area contributed by atoms with Crippen molar-refractivity contribution in [3.05, 3.63) is 29.8 Å². The van der Waals surface area contributed by atoms with Gasteiger partial charge in [-0.3, -0.25) is 0 Å². The third-order valence-corrected chi connectivity index (χ3v) is 1.11. The minimum atomic E-state index is -0.986. The predicted molar refractivity (Wildman–Crippen MR) is 35.1 cm³/mol.